The topological polar surface area (TPSA) is 65.1 Å². The molecule has 0 saturated heterocycles. The summed E-state index contributed by atoms with van der Waals surface area (Å²) < 4.78 is 0. The predicted molar refractivity (Wildman–Crippen MR) is 88.3 cm³/mol. The number of thiol groups is 1. The van der Waals surface area contributed by atoms with Crippen LogP contribution in [0.15, 0.2) is 46.1 Å². The number of carbonyl (C=O) groups is 1. The fraction of sp³-hybridized carbons (Fsp3) is 0.133. The van der Waals surface area contributed by atoms with Crippen molar-refractivity contribution in [2.45, 2.75) is 4.90 Å². The van der Waals surface area contributed by atoms with Crippen molar-refractivity contribution >= 4 is 39.3 Å². The molecule has 110 valence electrons. The van der Waals surface area contributed by atoms with Crippen molar-refractivity contribution in [1.29, 1.82) is 0 Å². The summed E-state index contributed by atoms with van der Waals surface area (Å²) in [6.07, 6.45) is 3.98. The van der Waals surface area contributed by atoms with Crippen LogP contribution in [0.5, 0.6) is 0 Å². The van der Waals surface area contributed by atoms with E-state index in [1.165, 1.54) is 0 Å². The van der Waals surface area contributed by atoms with Crippen molar-refractivity contribution < 1.29 is 9.90 Å². The summed E-state index contributed by atoms with van der Waals surface area (Å²) in [4.78, 5) is 16.5. The molecule has 0 unspecified atom stereocenters. The van der Waals surface area contributed by atoms with Crippen LogP contribution in [0, 0.1) is 0 Å². The van der Waals surface area contributed by atoms with Gasteiger partial charge in [-0.15, -0.1) is 0 Å². The number of aromatic nitrogens is 1. The smallest absolute Gasteiger partial charge is 0.268 e. The summed E-state index contributed by atoms with van der Waals surface area (Å²) in [7, 11) is -0.658. The molecule has 6 heteroatoms. The molecular weight excluding hydrogens is 308 g/mol. The van der Waals surface area contributed by atoms with Crippen molar-refractivity contribution in [3.63, 3.8) is 0 Å². The summed E-state index contributed by atoms with van der Waals surface area (Å²) in [6, 6.07) is 5.56. The summed E-state index contributed by atoms with van der Waals surface area (Å²) >= 11 is 6.09. The average molecular weight is 323 g/mol. The third-order valence-electron chi connectivity index (χ3n) is 3.22. The van der Waals surface area contributed by atoms with Crippen molar-refractivity contribution in [1.82, 2.24) is 10.3 Å². The lowest BCUT2D eigenvalue weighted by Crippen LogP contribution is -2.27. The van der Waals surface area contributed by atoms with Crippen LogP contribution in [0.25, 0.3) is 10.9 Å². The maximum atomic E-state index is 12.3. The predicted octanol–water partition coefficient (Wildman–Crippen LogP) is 2.94. The summed E-state index contributed by atoms with van der Waals surface area (Å²) in [5.74, 6) is -0.206. The second-order valence-corrected chi connectivity index (χ2v) is 6.90. The number of halogens is 1. The maximum Gasteiger partial charge on any atom is 0.268 e. The zero-order chi connectivity index (χ0) is 14.8. The average Bonchev–Trinajstić information content (AvgIpc) is 3.10. The second kappa shape index (κ2) is 5.97. The van der Waals surface area contributed by atoms with Crippen LogP contribution in [0.4, 0.5) is 0 Å². The molecule has 21 heavy (non-hydrogen) atoms. The molecule has 2 heterocycles. The second-order valence-electron chi connectivity index (χ2n) is 4.61. The molecule has 0 aliphatic carbocycles. The van der Waals surface area contributed by atoms with E-state index < -0.39 is 10.9 Å². The molecule has 0 saturated carbocycles. The molecule has 2 aromatic rings. The molecule has 1 aromatic heterocycles. The summed E-state index contributed by atoms with van der Waals surface area (Å²) in [5.41, 5.74) is 1.43. The Bertz CT molecular complexity index is 739. The minimum absolute atomic E-state index is 0.0816. The van der Waals surface area contributed by atoms with E-state index in [2.05, 4.69) is 21.1 Å². The zero-order valence-corrected chi connectivity index (χ0v) is 12.8. The maximum absolute atomic E-state index is 12.3. The fourth-order valence-electron chi connectivity index (χ4n) is 2.32. The van der Waals surface area contributed by atoms with Gasteiger partial charge in [0, 0.05) is 27.4 Å². The fourth-order valence-corrected chi connectivity index (χ4v) is 4.34. The minimum atomic E-state index is -0.658. The minimum Gasteiger partial charge on any atom is -0.395 e. The van der Waals surface area contributed by atoms with Crippen LogP contribution in [0.2, 0.25) is 5.02 Å². The number of H-pyrrole nitrogens is 1. The molecule has 3 rings (SSSR count). The van der Waals surface area contributed by atoms with E-state index in [1.807, 2.05) is 24.3 Å². The lowest BCUT2D eigenvalue weighted by Gasteiger charge is -2.12. The normalized spacial score (nSPS) is 15.0. The third-order valence-corrected chi connectivity index (χ3v) is 5.42. The van der Waals surface area contributed by atoms with Gasteiger partial charge in [-0.2, -0.15) is 10.9 Å². The van der Waals surface area contributed by atoms with E-state index in [4.69, 9.17) is 16.7 Å². The highest BCUT2D eigenvalue weighted by Crippen LogP contribution is 2.48. The molecular formula is C15H15ClN2O2S. The van der Waals surface area contributed by atoms with Gasteiger partial charge < -0.3 is 15.4 Å². The molecule has 1 aliphatic rings. The van der Waals surface area contributed by atoms with Crippen LogP contribution in [0.3, 0.4) is 0 Å². The Morgan fingerprint density at radius 3 is 2.81 bits per heavy atom. The van der Waals surface area contributed by atoms with Crippen LogP contribution in [-0.4, -0.2) is 29.1 Å². The van der Waals surface area contributed by atoms with Gasteiger partial charge in [-0.05, 0) is 29.0 Å². The molecule has 1 amide bonds. The van der Waals surface area contributed by atoms with E-state index in [-0.39, 0.29) is 19.1 Å². The Morgan fingerprint density at radius 1 is 1.33 bits per heavy atom. The van der Waals surface area contributed by atoms with Gasteiger partial charge in [-0.1, -0.05) is 23.8 Å². The van der Waals surface area contributed by atoms with E-state index in [9.17, 15) is 4.79 Å². The summed E-state index contributed by atoms with van der Waals surface area (Å²) in [5, 5.41) is 17.4. The number of benzene rings is 1. The molecule has 4 nitrogen and oxygen atoms in total. The first-order valence-electron chi connectivity index (χ1n) is 6.54. The van der Waals surface area contributed by atoms with E-state index in [0.29, 0.717) is 10.7 Å². The largest absolute Gasteiger partial charge is 0.395 e. The van der Waals surface area contributed by atoms with Crippen molar-refractivity contribution in [2.24, 2.45) is 0 Å². The molecule has 0 radical (unpaired) electrons. The molecule has 0 bridgehead atoms. The van der Waals surface area contributed by atoms with E-state index >= 15 is 0 Å². The van der Waals surface area contributed by atoms with Gasteiger partial charge in [-0.25, -0.2) is 0 Å². The quantitative estimate of drug-likeness (QED) is 0.654. The number of allylic oxidation sites excluding steroid dienone is 2. The zero-order valence-electron chi connectivity index (χ0n) is 11.1. The number of fused-ring (bicyclic) bond motifs is 1. The number of nitrogens with one attached hydrogen (secondary N) is 2. The Balaban J connectivity index is 2.13. The number of hydrogen-bond acceptors (Lipinski definition) is 2. The summed E-state index contributed by atoms with van der Waals surface area (Å²) in [6.45, 7) is 0.152. The number of hydrogen-bond donors (Lipinski definition) is 4. The number of carbonyl (C=O) groups excluding carboxylic acids is 1. The Kier molecular flexibility index (Phi) is 4.05. The van der Waals surface area contributed by atoms with Crippen LogP contribution >= 0.6 is 22.5 Å². The van der Waals surface area contributed by atoms with Gasteiger partial charge in [-0.3, -0.25) is 4.79 Å². The number of aromatic amines is 1. The van der Waals surface area contributed by atoms with Crippen molar-refractivity contribution in [3.8, 4) is 0 Å². The molecule has 0 fully saturated rings. The highest BCUT2D eigenvalue weighted by atomic mass is 35.5. The molecule has 3 N–H and O–H groups in total. The lowest BCUT2D eigenvalue weighted by atomic mass is 10.2. The highest BCUT2D eigenvalue weighted by Gasteiger charge is 2.21. The monoisotopic (exact) mass is 322 g/mol. The van der Waals surface area contributed by atoms with Gasteiger partial charge in [0.15, 0.2) is 0 Å². The van der Waals surface area contributed by atoms with Gasteiger partial charge >= 0.3 is 0 Å². The van der Waals surface area contributed by atoms with Crippen molar-refractivity contribution in [3.05, 3.63) is 51.9 Å². The lowest BCUT2D eigenvalue weighted by molar-refractivity contribution is 0.0937. The van der Waals surface area contributed by atoms with Crippen LogP contribution < -0.4 is 5.32 Å². The first-order valence-corrected chi connectivity index (χ1v) is 8.40. The van der Waals surface area contributed by atoms with Crippen LogP contribution in [0.1, 0.15) is 10.5 Å². The number of aliphatic hydroxyl groups is 1. The number of rotatable bonds is 4. The molecule has 1 aliphatic heterocycles. The molecule has 0 atom stereocenters. The molecule has 0 spiro atoms. The van der Waals surface area contributed by atoms with E-state index in [1.54, 1.807) is 6.07 Å². The SMILES string of the molecule is O=C(NCCO)c1[nH]c2ccc(Cl)cc2c1[SH]1C=CC=C1. The Hall–Kier alpha value is -1.69. The third kappa shape index (κ3) is 2.72. The van der Waals surface area contributed by atoms with Gasteiger partial charge in [0.2, 0.25) is 0 Å². The first-order chi connectivity index (χ1) is 10.2. The van der Waals surface area contributed by atoms with Gasteiger partial charge in [0.25, 0.3) is 5.91 Å². The van der Waals surface area contributed by atoms with E-state index in [0.717, 1.165) is 15.8 Å². The van der Waals surface area contributed by atoms with Crippen LogP contribution in [-0.2, 0) is 0 Å². The number of amides is 1. The first kappa shape index (κ1) is 14.3. The number of aliphatic hydroxyl groups excluding tert-OH is 1. The standard InChI is InChI=1S/C15H15ClN2O2S/c16-10-3-4-12-11(9-10)14(21-7-1-2-8-21)13(18-12)15(20)17-5-6-19/h1-4,7-9,18-19,21H,5-6H2,(H,17,20). The van der Waals surface area contributed by atoms with Gasteiger partial charge in [0.05, 0.1) is 6.61 Å². The van der Waals surface area contributed by atoms with Gasteiger partial charge in [0.1, 0.15) is 5.69 Å². The van der Waals surface area contributed by atoms with Crippen molar-refractivity contribution in [2.75, 3.05) is 13.2 Å². The Labute approximate surface area is 129 Å². The highest BCUT2D eigenvalue weighted by molar-refractivity contribution is 8.22. The Morgan fingerprint density at radius 2 is 2.10 bits per heavy atom. The molecule has 1 aromatic carbocycles.